The molecule has 0 amide bonds. The van der Waals surface area contributed by atoms with E-state index in [1.807, 2.05) is 32.3 Å². The maximum Gasteiger partial charge on any atom is 0.227 e. The Morgan fingerprint density at radius 2 is 1.79 bits per heavy atom. The third-order valence-electron chi connectivity index (χ3n) is 7.28. The minimum Gasteiger partial charge on any atom is -0.437 e. The number of nitrogens with zero attached hydrogens (tertiary/aromatic N) is 2. The van der Waals surface area contributed by atoms with Crippen LogP contribution in [0.2, 0.25) is 0 Å². The Bertz CT molecular complexity index is 1600. The molecule has 0 N–H and O–H groups in total. The summed E-state index contributed by atoms with van der Waals surface area (Å²) in [6.07, 6.45) is 6.00. The smallest absolute Gasteiger partial charge is 0.227 e. The van der Waals surface area contributed by atoms with E-state index < -0.39 is 6.37 Å². The summed E-state index contributed by atoms with van der Waals surface area (Å²) in [6, 6.07) is 16.6. The first-order valence-electron chi connectivity index (χ1n) is 13.1. The van der Waals surface area contributed by atoms with Crippen LogP contribution in [-0.4, -0.2) is 4.98 Å². The maximum absolute atomic E-state index is 9.07. The molecular formula is C30H31N2O+. The highest BCUT2D eigenvalue weighted by molar-refractivity contribution is 6.22. The van der Waals surface area contributed by atoms with Crippen LogP contribution in [0.5, 0.6) is 0 Å². The highest BCUT2D eigenvalue weighted by Gasteiger charge is 2.25. The average molecular weight is 438 g/mol. The second-order valence-electron chi connectivity index (χ2n) is 9.55. The number of aryl methyl sites for hydroxylation is 3. The van der Waals surface area contributed by atoms with Crippen molar-refractivity contribution in [3.8, 4) is 11.3 Å². The van der Waals surface area contributed by atoms with Crippen LogP contribution in [0.15, 0.2) is 59.1 Å². The van der Waals surface area contributed by atoms with Gasteiger partial charge in [-0.2, -0.15) is 0 Å². The summed E-state index contributed by atoms with van der Waals surface area (Å²) in [5.41, 5.74) is 6.25. The molecule has 0 radical (unpaired) electrons. The van der Waals surface area contributed by atoms with Gasteiger partial charge in [0.05, 0.1) is 5.56 Å². The fourth-order valence-corrected chi connectivity index (χ4v) is 5.55. The van der Waals surface area contributed by atoms with Gasteiger partial charge in [-0.15, -0.1) is 0 Å². The zero-order valence-corrected chi connectivity index (χ0v) is 19.6. The first-order valence-corrected chi connectivity index (χ1v) is 12.1. The summed E-state index contributed by atoms with van der Waals surface area (Å²) in [5.74, 6) is 0.0629. The molecule has 1 aliphatic carbocycles. The van der Waals surface area contributed by atoms with E-state index in [2.05, 4.69) is 47.9 Å². The quantitative estimate of drug-likeness (QED) is 0.276. The average Bonchev–Trinajstić information content (AvgIpc) is 3.24. The van der Waals surface area contributed by atoms with Crippen molar-refractivity contribution in [1.82, 2.24) is 4.98 Å². The van der Waals surface area contributed by atoms with Gasteiger partial charge in [-0.3, -0.25) is 0 Å². The molecular weight excluding hydrogens is 404 g/mol. The largest absolute Gasteiger partial charge is 0.437 e. The second kappa shape index (κ2) is 7.98. The molecule has 6 rings (SSSR count). The first-order chi connectivity index (χ1) is 16.9. The number of fused-ring (bicyclic) bond motifs is 5. The molecule has 5 aromatic rings. The topological polar surface area (TPSA) is 29.9 Å². The van der Waals surface area contributed by atoms with Crippen molar-refractivity contribution in [2.24, 2.45) is 13.0 Å². The van der Waals surface area contributed by atoms with Crippen LogP contribution in [0.3, 0.4) is 0 Å². The first kappa shape index (κ1) is 18.3. The lowest BCUT2D eigenvalue weighted by Gasteiger charge is -2.21. The lowest BCUT2D eigenvalue weighted by atomic mass is 9.84. The third kappa shape index (κ3) is 3.42. The zero-order valence-electron chi connectivity index (χ0n) is 21.6. The summed E-state index contributed by atoms with van der Waals surface area (Å²) in [4.78, 5) is 4.69. The van der Waals surface area contributed by atoms with Gasteiger partial charge in [0.25, 0.3) is 0 Å². The Kier molecular flexibility index (Phi) is 4.42. The molecule has 0 spiro atoms. The van der Waals surface area contributed by atoms with Crippen LogP contribution in [0.4, 0.5) is 0 Å². The Hall–Kier alpha value is -3.20. The minimum absolute atomic E-state index is 0.0629. The monoisotopic (exact) mass is 437 g/mol. The van der Waals surface area contributed by atoms with Gasteiger partial charge >= 0.3 is 0 Å². The molecule has 2 aromatic carbocycles. The SMILES string of the molecule is [2H]C([2H])(c1cc[n+](C)c(-c2c(C)c3ccccc3c3c2oc2nc(C)ccc23)c1)C1CCCCC1. The van der Waals surface area contributed by atoms with Crippen LogP contribution >= 0.6 is 0 Å². The zero-order chi connectivity index (χ0) is 24.3. The molecule has 0 aliphatic heterocycles. The van der Waals surface area contributed by atoms with Gasteiger partial charge in [-0.25, -0.2) is 9.55 Å². The van der Waals surface area contributed by atoms with E-state index in [9.17, 15) is 0 Å². The predicted octanol–water partition coefficient (Wildman–Crippen LogP) is 7.37. The number of benzene rings is 2. The van der Waals surface area contributed by atoms with E-state index in [1.54, 1.807) is 0 Å². The van der Waals surface area contributed by atoms with Crippen LogP contribution in [0.25, 0.3) is 44.1 Å². The van der Waals surface area contributed by atoms with Crippen LogP contribution in [0, 0.1) is 19.8 Å². The number of hydrogen-bond acceptors (Lipinski definition) is 2. The van der Waals surface area contributed by atoms with E-state index in [-0.39, 0.29) is 5.92 Å². The van der Waals surface area contributed by atoms with Gasteiger partial charge in [-0.1, -0.05) is 56.4 Å². The lowest BCUT2D eigenvalue weighted by molar-refractivity contribution is -0.660. The molecule has 0 saturated heterocycles. The fourth-order valence-electron chi connectivity index (χ4n) is 5.55. The molecule has 33 heavy (non-hydrogen) atoms. The number of furan rings is 1. The molecule has 3 heteroatoms. The Labute approximate surface area is 197 Å². The number of hydrogen-bond donors (Lipinski definition) is 0. The van der Waals surface area contributed by atoms with Gasteiger partial charge in [0.15, 0.2) is 11.8 Å². The van der Waals surface area contributed by atoms with Crippen molar-refractivity contribution in [2.45, 2.75) is 52.3 Å². The van der Waals surface area contributed by atoms with Crippen molar-refractivity contribution in [2.75, 3.05) is 0 Å². The highest BCUT2D eigenvalue weighted by Crippen LogP contribution is 2.42. The van der Waals surface area contributed by atoms with Gasteiger partial charge < -0.3 is 4.42 Å². The molecule has 0 atom stereocenters. The van der Waals surface area contributed by atoms with Crippen molar-refractivity contribution < 1.29 is 11.7 Å². The van der Waals surface area contributed by atoms with Crippen LogP contribution in [0.1, 0.15) is 51.7 Å². The maximum atomic E-state index is 9.07. The molecule has 1 aliphatic rings. The number of aromatic nitrogens is 2. The van der Waals surface area contributed by atoms with Crippen molar-refractivity contribution in [3.05, 3.63) is 71.5 Å². The van der Waals surface area contributed by atoms with Crippen LogP contribution < -0.4 is 4.57 Å². The van der Waals surface area contributed by atoms with Crippen molar-refractivity contribution >= 4 is 32.8 Å². The summed E-state index contributed by atoms with van der Waals surface area (Å²) in [7, 11) is 2.03. The van der Waals surface area contributed by atoms with Gasteiger partial charge in [-0.05, 0) is 60.2 Å². The number of rotatable bonds is 3. The normalized spacial score (nSPS) is 16.5. The van der Waals surface area contributed by atoms with Crippen LogP contribution in [-0.2, 0) is 13.4 Å². The highest BCUT2D eigenvalue weighted by atomic mass is 16.3. The fraction of sp³-hybridized carbons (Fsp3) is 0.333. The molecule has 1 saturated carbocycles. The van der Waals surface area contributed by atoms with Gasteiger partial charge in [0, 0.05) is 31.3 Å². The van der Waals surface area contributed by atoms with Gasteiger partial charge in [0.2, 0.25) is 11.4 Å². The van der Waals surface area contributed by atoms with E-state index in [0.717, 1.165) is 75.5 Å². The molecule has 3 aromatic heterocycles. The number of pyridine rings is 2. The molecule has 3 heterocycles. The van der Waals surface area contributed by atoms with E-state index in [1.165, 1.54) is 11.8 Å². The lowest BCUT2D eigenvalue weighted by Crippen LogP contribution is -2.31. The third-order valence-corrected chi connectivity index (χ3v) is 7.28. The molecule has 166 valence electrons. The Balaban J connectivity index is 1.66. The van der Waals surface area contributed by atoms with Gasteiger partial charge in [0.1, 0.15) is 7.05 Å². The standard InChI is InChI=1S/C30H31N2O/c1-19-13-14-25-28-24-12-8-7-11-23(24)20(2)27(29(28)33-30(25)31-19)26-18-22(15-16-32(26)3)17-21-9-5-4-6-10-21/h7-8,11-16,18,21H,4-6,9-10,17H2,1-3H3/q+1/i17D2. The summed E-state index contributed by atoms with van der Waals surface area (Å²) in [6.45, 7) is 4.12. The summed E-state index contributed by atoms with van der Waals surface area (Å²) in [5, 5.41) is 4.42. The second-order valence-corrected chi connectivity index (χ2v) is 9.55. The van der Waals surface area contributed by atoms with Crippen molar-refractivity contribution in [3.63, 3.8) is 0 Å². The summed E-state index contributed by atoms with van der Waals surface area (Å²) < 4.78 is 26.7. The molecule has 3 nitrogen and oxygen atoms in total. The minimum atomic E-state index is -1.36. The molecule has 1 fully saturated rings. The Morgan fingerprint density at radius 3 is 2.61 bits per heavy atom. The predicted molar refractivity (Wildman–Crippen MR) is 135 cm³/mol. The van der Waals surface area contributed by atoms with Crippen molar-refractivity contribution in [1.29, 1.82) is 0 Å². The van der Waals surface area contributed by atoms with E-state index in [4.69, 9.17) is 12.1 Å². The van der Waals surface area contributed by atoms with E-state index in [0.29, 0.717) is 5.71 Å². The molecule has 0 bridgehead atoms. The Morgan fingerprint density at radius 1 is 1.00 bits per heavy atom. The molecule has 0 unspecified atom stereocenters. The van der Waals surface area contributed by atoms with E-state index >= 15 is 0 Å². The summed E-state index contributed by atoms with van der Waals surface area (Å²) >= 11 is 0.